The van der Waals surface area contributed by atoms with Gasteiger partial charge in [-0.1, -0.05) is 84.8 Å². The third kappa shape index (κ3) is 9.38. The van der Waals surface area contributed by atoms with Crippen LogP contribution in [0.3, 0.4) is 0 Å². The lowest BCUT2D eigenvalue weighted by molar-refractivity contribution is -0.141. The van der Waals surface area contributed by atoms with Crippen molar-refractivity contribution in [2.75, 3.05) is 0 Å². The van der Waals surface area contributed by atoms with Gasteiger partial charge in [-0.15, -0.1) is 0 Å². The van der Waals surface area contributed by atoms with E-state index in [-0.39, 0.29) is 23.8 Å². The number of hydrogen-bond donors (Lipinski definition) is 0. The molecule has 158 valence electrons. The van der Waals surface area contributed by atoms with Crippen LogP contribution in [0.1, 0.15) is 91.9 Å². The van der Waals surface area contributed by atoms with Crippen LogP contribution in [-0.4, -0.2) is 11.9 Å². The molecule has 0 spiro atoms. The number of esters is 2. The topological polar surface area (TPSA) is 52.6 Å². The van der Waals surface area contributed by atoms with E-state index in [1.807, 2.05) is 13.8 Å². The molecule has 0 heterocycles. The predicted molar refractivity (Wildman–Crippen MR) is 114 cm³/mol. The minimum absolute atomic E-state index is 0.146. The Kier molecular flexibility index (Phi) is 12.3. The van der Waals surface area contributed by atoms with Crippen molar-refractivity contribution in [2.24, 2.45) is 11.8 Å². The van der Waals surface area contributed by atoms with E-state index < -0.39 is 0 Å². The fourth-order valence-corrected chi connectivity index (χ4v) is 3.17. The molecule has 0 aliphatic rings. The molecular formula is C24H38O4. The van der Waals surface area contributed by atoms with Crippen LogP contribution in [0.2, 0.25) is 0 Å². The molecule has 0 aromatic heterocycles. The number of carbonyl (C=O) groups excluding carboxylic acids is 2. The average molecular weight is 391 g/mol. The maximum atomic E-state index is 12.6. The molecule has 0 amide bonds. The fourth-order valence-electron chi connectivity index (χ4n) is 3.17. The summed E-state index contributed by atoms with van der Waals surface area (Å²) in [6, 6.07) is 6.92. The van der Waals surface area contributed by atoms with Crippen molar-refractivity contribution in [1.29, 1.82) is 0 Å². The zero-order valence-corrected chi connectivity index (χ0v) is 18.2. The lowest BCUT2D eigenvalue weighted by Gasteiger charge is -2.19. The van der Waals surface area contributed by atoms with Gasteiger partial charge < -0.3 is 9.47 Å². The first-order valence-corrected chi connectivity index (χ1v) is 11.0. The van der Waals surface area contributed by atoms with Crippen LogP contribution in [0.15, 0.2) is 24.3 Å². The highest BCUT2D eigenvalue weighted by Crippen LogP contribution is 2.29. The molecular weight excluding hydrogens is 352 g/mol. The van der Waals surface area contributed by atoms with Crippen molar-refractivity contribution in [1.82, 2.24) is 0 Å². The molecule has 4 heteroatoms. The highest BCUT2D eigenvalue weighted by molar-refractivity contribution is 5.77. The van der Waals surface area contributed by atoms with E-state index in [4.69, 9.17) is 9.47 Å². The number of hydrogen-bond acceptors (Lipinski definition) is 4. The molecule has 1 rings (SSSR count). The SMILES string of the molecule is CCCCCCCCC(=O)Oc1ccccc1OC(=O)C(CCCC)C(C)C. The average Bonchev–Trinajstić information content (AvgIpc) is 2.66. The van der Waals surface area contributed by atoms with Crippen molar-refractivity contribution in [3.63, 3.8) is 0 Å². The Morgan fingerprint density at radius 1 is 0.821 bits per heavy atom. The second-order valence-corrected chi connectivity index (χ2v) is 7.85. The Bertz CT molecular complexity index is 580. The Labute approximate surface area is 171 Å². The maximum absolute atomic E-state index is 12.6. The molecule has 0 N–H and O–H groups in total. The minimum Gasteiger partial charge on any atom is -0.423 e. The summed E-state index contributed by atoms with van der Waals surface area (Å²) in [6.45, 7) is 8.37. The summed E-state index contributed by atoms with van der Waals surface area (Å²) in [5.41, 5.74) is 0. The largest absolute Gasteiger partial charge is 0.423 e. The number of para-hydroxylation sites is 2. The summed E-state index contributed by atoms with van der Waals surface area (Å²) >= 11 is 0. The van der Waals surface area contributed by atoms with Crippen molar-refractivity contribution in [3.8, 4) is 11.5 Å². The van der Waals surface area contributed by atoms with Gasteiger partial charge in [0, 0.05) is 6.42 Å². The molecule has 0 aliphatic heterocycles. The summed E-state index contributed by atoms with van der Waals surface area (Å²) in [5.74, 6) is 0.192. The van der Waals surface area contributed by atoms with Crippen LogP contribution >= 0.6 is 0 Å². The monoisotopic (exact) mass is 390 g/mol. The van der Waals surface area contributed by atoms with Gasteiger partial charge in [0.25, 0.3) is 0 Å². The van der Waals surface area contributed by atoms with E-state index in [1.54, 1.807) is 24.3 Å². The molecule has 0 aliphatic carbocycles. The van der Waals surface area contributed by atoms with Gasteiger partial charge in [-0.25, -0.2) is 0 Å². The normalized spacial score (nSPS) is 12.0. The first-order valence-electron chi connectivity index (χ1n) is 11.0. The van der Waals surface area contributed by atoms with E-state index in [1.165, 1.54) is 19.3 Å². The second-order valence-electron chi connectivity index (χ2n) is 7.85. The third-order valence-corrected chi connectivity index (χ3v) is 4.99. The highest BCUT2D eigenvalue weighted by Gasteiger charge is 2.25. The van der Waals surface area contributed by atoms with E-state index in [2.05, 4.69) is 13.8 Å². The Morgan fingerprint density at radius 3 is 2.00 bits per heavy atom. The van der Waals surface area contributed by atoms with Crippen LogP contribution in [0, 0.1) is 11.8 Å². The summed E-state index contributed by atoms with van der Waals surface area (Å²) in [5, 5.41) is 0. The van der Waals surface area contributed by atoms with Crippen molar-refractivity contribution >= 4 is 11.9 Å². The highest BCUT2D eigenvalue weighted by atomic mass is 16.6. The summed E-state index contributed by atoms with van der Waals surface area (Å²) in [4.78, 5) is 24.8. The molecule has 0 fully saturated rings. The van der Waals surface area contributed by atoms with Gasteiger partial charge in [-0.3, -0.25) is 9.59 Å². The quantitative estimate of drug-likeness (QED) is 0.201. The summed E-state index contributed by atoms with van der Waals surface area (Å²) in [6.07, 6.45) is 9.95. The first kappa shape index (κ1) is 24.2. The molecule has 1 atom stereocenters. The van der Waals surface area contributed by atoms with Crippen LogP contribution in [-0.2, 0) is 9.59 Å². The molecule has 1 aromatic carbocycles. The third-order valence-electron chi connectivity index (χ3n) is 4.99. The number of rotatable bonds is 14. The standard InChI is InChI=1S/C24H38O4/c1-5-7-9-10-11-12-18-23(25)27-21-16-13-14-17-22(21)28-24(26)20(19(3)4)15-8-6-2/h13-14,16-17,19-20H,5-12,15,18H2,1-4H3. The number of unbranched alkanes of at least 4 members (excludes halogenated alkanes) is 6. The number of benzene rings is 1. The smallest absolute Gasteiger partial charge is 0.314 e. The number of carbonyl (C=O) groups is 2. The lowest BCUT2D eigenvalue weighted by atomic mass is 9.91. The van der Waals surface area contributed by atoms with Gasteiger partial charge >= 0.3 is 11.9 Å². The van der Waals surface area contributed by atoms with Crippen molar-refractivity contribution in [2.45, 2.75) is 91.9 Å². The zero-order chi connectivity index (χ0) is 20.8. The summed E-state index contributed by atoms with van der Waals surface area (Å²) in [7, 11) is 0. The maximum Gasteiger partial charge on any atom is 0.314 e. The zero-order valence-electron chi connectivity index (χ0n) is 18.2. The molecule has 28 heavy (non-hydrogen) atoms. The van der Waals surface area contributed by atoms with E-state index in [9.17, 15) is 9.59 Å². The predicted octanol–water partition coefficient (Wildman–Crippen LogP) is 6.71. The fraction of sp³-hybridized carbons (Fsp3) is 0.667. The Hall–Kier alpha value is -1.84. The lowest BCUT2D eigenvalue weighted by Crippen LogP contribution is -2.25. The Morgan fingerprint density at radius 2 is 1.39 bits per heavy atom. The van der Waals surface area contributed by atoms with Crippen LogP contribution < -0.4 is 9.47 Å². The van der Waals surface area contributed by atoms with Gasteiger partial charge in [0.2, 0.25) is 0 Å². The van der Waals surface area contributed by atoms with Gasteiger partial charge in [0.1, 0.15) is 0 Å². The molecule has 1 aromatic rings. The van der Waals surface area contributed by atoms with Crippen LogP contribution in [0.4, 0.5) is 0 Å². The van der Waals surface area contributed by atoms with Crippen LogP contribution in [0.25, 0.3) is 0 Å². The van der Waals surface area contributed by atoms with E-state index in [0.29, 0.717) is 17.9 Å². The van der Waals surface area contributed by atoms with E-state index >= 15 is 0 Å². The Balaban J connectivity index is 2.59. The first-order chi connectivity index (χ1) is 13.5. The molecule has 0 saturated carbocycles. The van der Waals surface area contributed by atoms with Gasteiger partial charge in [-0.05, 0) is 30.9 Å². The second kappa shape index (κ2) is 14.2. The van der Waals surface area contributed by atoms with Gasteiger partial charge in [0.15, 0.2) is 11.5 Å². The molecule has 1 unspecified atom stereocenters. The van der Waals surface area contributed by atoms with Gasteiger partial charge in [0.05, 0.1) is 5.92 Å². The molecule has 0 radical (unpaired) electrons. The van der Waals surface area contributed by atoms with E-state index in [0.717, 1.165) is 38.5 Å². The number of ether oxygens (including phenoxy) is 2. The summed E-state index contributed by atoms with van der Waals surface area (Å²) < 4.78 is 11.1. The minimum atomic E-state index is -0.273. The molecule has 0 bridgehead atoms. The van der Waals surface area contributed by atoms with Crippen molar-refractivity contribution < 1.29 is 19.1 Å². The molecule has 4 nitrogen and oxygen atoms in total. The molecule has 0 saturated heterocycles. The van der Waals surface area contributed by atoms with Crippen LogP contribution in [0.5, 0.6) is 11.5 Å². The van der Waals surface area contributed by atoms with Gasteiger partial charge in [-0.2, -0.15) is 0 Å². The van der Waals surface area contributed by atoms with Crippen molar-refractivity contribution in [3.05, 3.63) is 24.3 Å².